The lowest BCUT2D eigenvalue weighted by atomic mass is 10.1. The number of nitrogens with zero attached hydrogens (tertiary/aromatic N) is 2. The van der Waals surface area contributed by atoms with Crippen LogP contribution in [0.25, 0.3) is 0 Å². The van der Waals surface area contributed by atoms with Crippen molar-refractivity contribution in [2.24, 2.45) is 0 Å². The van der Waals surface area contributed by atoms with Crippen molar-refractivity contribution in [2.45, 2.75) is 38.8 Å². The molecule has 1 N–H and O–H groups in total. The molecule has 2 aromatic rings. The maximum Gasteiger partial charge on any atom is 0.146 e. The highest BCUT2D eigenvalue weighted by atomic mass is 19.1. The Morgan fingerprint density at radius 2 is 1.83 bits per heavy atom. The van der Waals surface area contributed by atoms with Crippen LogP contribution in [-0.4, -0.2) is 18.1 Å². The number of hydrogen-bond acceptors (Lipinski definition) is 3. The Bertz CT molecular complexity index is 607. The molecule has 0 saturated carbocycles. The Morgan fingerprint density at radius 3 is 2.57 bits per heavy atom. The predicted molar refractivity (Wildman–Crippen MR) is 91.9 cm³/mol. The molecule has 0 spiro atoms. The maximum absolute atomic E-state index is 14.2. The third-order valence-electron chi connectivity index (χ3n) is 4.32. The molecule has 0 radical (unpaired) electrons. The summed E-state index contributed by atoms with van der Waals surface area (Å²) >= 11 is 0. The van der Waals surface area contributed by atoms with E-state index in [0.29, 0.717) is 0 Å². The molecule has 1 aliphatic heterocycles. The molecular formula is C19H24FN3. The molecule has 23 heavy (non-hydrogen) atoms. The number of aromatic nitrogens is 1. The molecule has 1 saturated heterocycles. The molecule has 3 nitrogen and oxygen atoms in total. The molecule has 4 heteroatoms. The standard InChI is InChI=1S/C19H24FN3/c20-18-9-8-16(14-21-15-17-7-3-4-10-22-17)13-19(18)23-11-5-1-2-6-12-23/h3-4,7-10,13,21H,1-2,5-6,11-12,14-15H2. The van der Waals surface area contributed by atoms with E-state index in [0.717, 1.165) is 56.0 Å². The number of rotatable bonds is 5. The number of pyridine rings is 1. The van der Waals surface area contributed by atoms with Crippen LogP contribution in [0.1, 0.15) is 36.9 Å². The summed E-state index contributed by atoms with van der Waals surface area (Å²) in [6.45, 7) is 3.36. The minimum Gasteiger partial charge on any atom is -0.369 e. The van der Waals surface area contributed by atoms with Gasteiger partial charge in [-0.3, -0.25) is 4.98 Å². The zero-order valence-electron chi connectivity index (χ0n) is 13.5. The van der Waals surface area contributed by atoms with Crippen molar-refractivity contribution in [3.63, 3.8) is 0 Å². The fraction of sp³-hybridized carbons (Fsp3) is 0.421. The molecular weight excluding hydrogens is 289 g/mol. The summed E-state index contributed by atoms with van der Waals surface area (Å²) in [4.78, 5) is 6.49. The van der Waals surface area contributed by atoms with Crippen molar-refractivity contribution < 1.29 is 4.39 Å². The highest BCUT2D eigenvalue weighted by Crippen LogP contribution is 2.24. The van der Waals surface area contributed by atoms with Gasteiger partial charge in [0.15, 0.2) is 0 Å². The Labute approximate surface area is 137 Å². The normalized spacial score (nSPS) is 15.4. The highest BCUT2D eigenvalue weighted by Gasteiger charge is 2.14. The van der Waals surface area contributed by atoms with Gasteiger partial charge in [0.25, 0.3) is 0 Å². The van der Waals surface area contributed by atoms with Gasteiger partial charge in [-0.15, -0.1) is 0 Å². The summed E-state index contributed by atoms with van der Waals surface area (Å²) in [7, 11) is 0. The van der Waals surface area contributed by atoms with Crippen LogP contribution in [0.3, 0.4) is 0 Å². The summed E-state index contributed by atoms with van der Waals surface area (Å²) in [5, 5.41) is 3.38. The second-order valence-electron chi connectivity index (χ2n) is 6.11. The van der Waals surface area contributed by atoms with Crippen molar-refractivity contribution in [3.8, 4) is 0 Å². The van der Waals surface area contributed by atoms with E-state index in [1.54, 1.807) is 12.3 Å². The van der Waals surface area contributed by atoms with Crippen LogP contribution in [0, 0.1) is 5.82 Å². The lowest BCUT2D eigenvalue weighted by Gasteiger charge is -2.23. The zero-order valence-corrected chi connectivity index (χ0v) is 13.5. The number of nitrogens with one attached hydrogen (secondary N) is 1. The number of anilines is 1. The summed E-state index contributed by atoms with van der Waals surface area (Å²) in [6.07, 6.45) is 6.61. The summed E-state index contributed by atoms with van der Waals surface area (Å²) in [5.74, 6) is -0.111. The van der Waals surface area contributed by atoms with E-state index in [4.69, 9.17) is 0 Å². The molecule has 1 aromatic carbocycles. The van der Waals surface area contributed by atoms with Gasteiger partial charge in [-0.1, -0.05) is 25.0 Å². The van der Waals surface area contributed by atoms with E-state index in [2.05, 4.69) is 15.2 Å². The molecule has 0 unspecified atom stereocenters. The lowest BCUT2D eigenvalue weighted by molar-refractivity contribution is 0.613. The topological polar surface area (TPSA) is 28.2 Å². The summed E-state index contributed by atoms with van der Waals surface area (Å²) in [6, 6.07) is 11.3. The van der Waals surface area contributed by atoms with Crippen LogP contribution in [-0.2, 0) is 13.1 Å². The SMILES string of the molecule is Fc1ccc(CNCc2ccccn2)cc1N1CCCCCC1. The molecule has 2 heterocycles. The van der Waals surface area contributed by atoms with E-state index in [9.17, 15) is 4.39 Å². The third kappa shape index (κ3) is 4.52. The van der Waals surface area contributed by atoms with E-state index >= 15 is 0 Å². The lowest BCUT2D eigenvalue weighted by Crippen LogP contribution is -2.25. The largest absolute Gasteiger partial charge is 0.369 e. The monoisotopic (exact) mass is 313 g/mol. The fourth-order valence-corrected chi connectivity index (χ4v) is 3.06. The van der Waals surface area contributed by atoms with E-state index < -0.39 is 0 Å². The molecule has 1 aliphatic rings. The molecule has 1 aromatic heterocycles. The van der Waals surface area contributed by atoms with Crippen LogP contribution >= 0.6 is 0 Å². The van der Waals surface area contributed by atoms with Crippen molar-refractivity contribution in [2.75, 3.05) is 18.0 Å². The third-order valence-corrected chi connectivity index (χ3v) is 4.32. The van der Waals surface area contributed by atoms with Gasteiger partial charge in [0.1, 0.15) is 5.82 Å². The Hall–Kier alpha value is -1.94. The zero-order chi connectivity index (χ0) is 15.9. The van der Waals surface area contributed by atoms with Gasteiger partial charge < -0.3 is 10.2 Å². The average Bonchev–Trinajstić information content (AvgIpc) is 2.87. The Kier molecular flexibility index (Phi) is 5.59. The van der Waals surface area contributed by atoms with Crippen molar-refractivity contribution in [1.82, 2.24) is 10.3 Å². The fourth-order valence-electron chi connectivity index (χ4n) is 3.06. The van der Waals surface area contributed by atoms with Gasteiger partial charge in [-0.25, -0.2) is 4.39 Å². The number of hydrogen-bond donors (Lipinski definition) is 1. The van der Waals surface area contributed by atoms with Gasteiger partial charge in [0, 0.05) is 32.4 Å². The molecule has 0 atom stereocenters. The first-order valence-corrected chi connectivity index (χ1v) is 8.47. The van der Waals surface area contributed by atoms with Crippen LogP contribution in [0.2, 0.25) is 0 Å². The van der Waals surface area contributed by atoms with Crippen molar-refractivity contribution in [1.29, 1.82) is 0 Å². The van der Waals surface area contributed by atoms with Crippen LogP contribution in [0.4, 0.5) is 10.1 Å². The van der Waals surface area contributed by atoms with Gasteiger partial charge in [-0.05, 0) is 42.7 Å². The second-order valence-corrected chi connectivity index (χ2v) is 6.11. The van der Waals surface area contributed by atoms with Crippen LogP contribution in [0.15, 0.2) is 42.6 Å². The minimum atomic E-state index is -0.111. The highest BCUT2D eigenvalue weighted by molar-refractivity contribution is 5.50. The molecule has 0 amide bonds. The van der Waals surface area contributed by atoms with Gasteiger partial charge >= 0.3 is 0 Å². The first-order chi connectivity index (χ1) is 11.3. The van der Waals surface area contributed by atoms with E-state index in [-0.39, 0.29) is 5.82 Å². The molecule has 0 aliphatic carbocycles. The molecule has 122 valence electrons. The quantitative estimate of drug-likeness (QED) is 0.907. The van der Waals surface area contributed by atoms with Gasteiger partial charge in [-0.2, -0.15) is 0 Å². The molecule has 0 bridgehead atoms. The minimum absolute atomic E-state index is 0.111. The summed E-state index contributed by atoms with van der Waals surface area (Å²) in [5.41, 5.74) is 2.88. The van der Waals surface area contributed by atoms with Gasteiger partial charge in [0.2, 0.25) is 0 Å². The number of halogens is 1. The average molecular weight is 313 g/mol. The number of benzene rings is 1. The smallest absolute Gasteiger partial charge is 0.146 e. The Balaban J connectivity index is 1.62. The maximum atomic E-state index is 14.2. The summed E-state index contributed by atoms with van der Waals surface area (Å²) < 4.78 is 14.2. The van der Waals surface area contributed by atoms with Crippen molar-refractivity contribution >= 4 is 5.69 Å². The van der Waals surface area contributed by atoms with Crippen LogP contribution in [0.5, 0.6) is 0 Å². The van der Waals surface area contributed by atoms with Crippen molar-refractivity contribution in [3.05, 3.63) is 59.7 Å². The first kappa shape index (κ1) is 15.9. The predicted octanol–water partition coefficient (Wildman–Crippen LogP) is 3.89. The second kappa shape index (κ2) is 8.06. The van der Waals surface area contributed by atoms with E-state index in [1.807, 2.05) is 30.3 Å². The van der Waals surface area contributed by atoms with Gasteiger partial charge in [0.05, 0.1) is 11.4 Å². The van der Waals surface area contributed by atoms with E-state index in [1.165, 1.54) is 12.8 Å². The first-order valence-electron chi connectivity index (χ1n) is 8.47. The van der Waals surface area contributed by atoms with Crippen LogP contribution < -0.4 is 10.2 Å². The Morgan fingerprint density at radius 1 is 1.00 bits per heavy atom. The molecule has 3 rings (SSSR count). The molecule has 1 fully saturated rings.